The molecular weight excluding hydrogens is 258 g/mol. The fourth-order valence-corrected chi connectivity index (χ4v) is 2.33. The van der Waals surface area contributed by atoms with E-state index in [-0.39, 0.29) is 12.9 Å². The van der Waals surface area contributed by atoms with Gasteiger partial charge in [-0.15, -0.1) is 0 Å². The van der Waals surface area contributed by atoms with Crippen LogP contribution >= 0.6 is 0 Å². The molecule has 2 rings (SSSR count). The van der Waals surface area contributed by atoms with E-state index in [0.717, 1.165) is 24.2 Å². The molecule has 5 nitrogen and oxygen atoms in total. The molecule has 0 saturated carbocycles. The number of aliphatic hydroxyl groups excluding tert-OH is 2. The molecule has 2 N–H and O–H groups in total. The van der Waals surface area contributed by atoms with Crippen molar-refractivity contribution in [3.05, 3.63) is 29.8 Å². The van der Waals surface area contributed by atoms with Gasteiger partial charge in [-0.25, -0.2) is 0 Å². The minimum absolute atomic E-state index is 0.227. The summed E-state index contributed by atoms with van der Waals surface area (Å²) in [5, 5.41) is 18.7. The average Bonchev–Trinajstić information content (AvgIpc) is 3.01. The normalized spacial score (nSPS) is 17.4. The molecule has 1 aromatic carbocycles. The number of benzene rings is 1. The lowest BCUT2D eigenvalue weighted by atomic mass is 10.1. The van der Waals surface area contributed by atoms with Crippen molar-refractivity contribution in [3.63, 3.8) is 0 Å². The maximum absolute atomic E-state index is 9.66. The quantitative estimate of drug-likeness (QED) is 0.789. The van der Waals surface area contributed by atoms with E-state index in [1.807, 2.05) is 24.3 Å². The molecule has 0 amide bonds. The van der Waals surface area contributed by atoms with Crippen LogP contribution in [0.5, 0.6) is 0 Å². The molecule has 1 aromatic rings. The second-order valence-electron chi connectivity index (χ2n) is 4.95. The van der Waals surface area contributed by atoms with Crippen LogP contribution in [0.3, 0.4) is 0 Å². The number of rotatable bonds is 7. The van der Waals surface area contributed by atoms with Gasteiger partial charge in [-0.1, -0.05) is 19.1 Å². The monoisotopic (exact) mass is 281 g/mol. The zero-order valence-corrected chi connectivity index (χ0v) is 11.9. The molecule has 1 atom stereocenters. The van der Waals surface area contributed by atoms with Crippen molar-refractivity contribution >= 4 is 5.69 Å². The van der Waals surface area contributed by atoms with E-state index in [0.29, 0.717) is 19.8 Å². The number of anilines is 1. The lowest BCUT2D eigenvalue weighted by molar-refractivity contribution is -0.0440. The molecule has 1 aliphatic heterocycles. The molecule has 0 aromatic heterocycles. The van der Waals surface area contributed by atoms with Gasteiger partial charge in [0.05, 0.1) is 25.9 Å². The van der Waals surface area contributed by atoms with Crippen molar-refractivity contribution in [1.29, 1.82) is 0 Å². The van der Waals surface area contributed by atoms with Crippen LogP contribution in [0.4, 0.5) is 5.69 Å². The Morgan fingerprint density at radius 2 is 2.10 bits per heavy atom. The van der Waals surface area contributed by atoms with Crippen molar-refractivity contribution in [2.24, 2.45) is 0 Å². The van der Waals surface area contributed by atoms with Gasteiger partial charge >= 0.3 is 0 Å². The summed E-state index contributed by atoms with van der Waals surface area (Å²) < 4.78 is 11.0. The van der Waals surface area contributed by atoms with Crippen molar-refractivity contribution in [1.82, 2.24) is 0 Å². The van der Waals surface area contributed by atoms with Gasteiger partial charge in [0.2, 0.25) is 0 Å². The van der Waals surface area contributed by atoms with Gasteiger partial charge < -0.3 is 24.6 Å². The Kier molecular flexibility index (Phi) is 5.79. The number of hydrogen-bond acceptors (Lipinski definition) is 5. The van der Waals surface area contributed by atoms with E-state index in [1.54, 1.807) is 0 Å². The number of hydrogen-bond donors (Lipinski definition) is 2. The third-order valence-corrected chi connectivity index (χ3v) is 3.26. The Morgan fingerprint density at radius 3 is 2.75 bits per heavy atom. The molecule has 0 spiro atoms. The largest absolute Gasteiger partial charge is 0.394 e. The second-order valence-corrected chi connectivity index (χ2v) is 4.95. The van der Waals surface area contributed by atoms with Gasteiger partial charge in [-0.3, -0.25) is 0 Å². The van der Waals surface area contributed by atoms with Crippen LogP contribution in [0.2, 0.25) is 0 Å². The molecule has 1 fully saturated rings. The molecule has 5 heteroatoms. The lowest BCUT2D eigenvalue weighted by Crippen LogP contribution is -2.35. The van der Waals surface area contributed by atoms with Gasteiger partial charge in [0.1, 0.15) is 0 Å². The Bertz CT molecular complexity index is 407. The second kappa shape index (κ2) is 7.59. The summed E-state index contributed by atoms with van der Waals surface area (Å²) in [4.78, 5) is 2.07. The molecule has 1 unspecified atom stereocenters. The SMILES string of the molecule is CCCN(CC(O)CO)c1cccc(C2OCCO2)c1. The summed E-state index contributed by atoms with van der Waals surface area (Å²) in [5.74, 6) is 0. The highest BCUT2D eigenvalue weighted by Crippen LogP contribution is 2.27. The minimum Gasteiger partial charge on any atom is -0.394 e. The number of aliphatic hydroxyl groups is 2. The van der Waals surface area contributed by atoms with E-state index >= 15 is 0 Å². The van der Waals surface area contributed by atoms with Crippen LogP contribution in [0.25, 0.3) is 0 Å². The Balaban J connectivity index is 2.12. The molecule has 1 aliphatic rings. The first-order valence-corrected chi connectivity index (χ1v) is 7.11. The van der Waals surface area contributed by atoms with Gasteiger partial charge in [0, 0.05) is 24.3 Å². The first kappa shape index (κ1) is 15.3. The molecule has 0 radical (unpaired) electrons. The van der Waals surface area contributed by atoms with Gasteiger partial charge in [0.25, 0.3) is 0 Å². The first-order chi connectivity index (χ1) is 9.74. The van der Waals surface area contributed by atoms with Crippen molar-refractivity contribution in [2.45, 2.75) is 25.7 Å². The Morgan fingerprint density at radius 1 is 1.35 bits per heavy atom. The van der Waals surface area contributed by atoms with Crippen molar-refractivity contribution in [3.8, 4) is 0 Å². The molecule has 112 valence electrons. The minimum atomic E-state index is -0.732. The van der Waals surface area contributed by atoms with Gasteiger partial charge in [-0.05, 0) is 18.6 Å². The molecule has 0 aliphatic carbocycles. The molecule has 20 heavy (non-hydrogen) atoms. The van der Waals surface area contributed by atoms with Gasteiger partial charge in [-0.2, -0.15) is 0 Å². The van der Waals surface area contributed by atoms with Gasteiger partial charge in [0.15, 0.2) is 6.29 Å². The maximum atomic E-state index is 9.66. The standard InChI is InChI=1S/C15H23NO4/c1-2-6-16(10-14(18)11-17)13-5-3-4-12(9-13)15-19-7-8-20-15/h3-5,9,14-15,17-18H,2,6-8,10-11H2,1H3. The summed E-state index contributed by atoms with van der Waals surface area (Å²) in [5.41, 5.74) is 2.00. The summed E-state index contributed by atoms with van der Waals surface area (Å²) >= 11 is 0. The fourth-order valence-electron chi connectivity index (χ4n) is 2.33. The van der Waals surface area contributed by atoms with Crippen molar-refractivity contribution in [2.75, 3.05) is 37.8 Å². The number of ether oxygens (including phenoxy) is 2. The van der Waals surface area contributed by atoms with E-state index in [9.17, 15) is 5.11 Å². The highest BCUT2D eigenvalue weighted by atomic mass is 16.7. The van der Waals surface area contributed by atoms with Crippen LogP contribution < -0.4 is 4.90 Å². The van der Waals surface area contributed by atoms with Crippen molar-refractivity contribution < 1.29 is 19.7 Å². The van der Waals surface area contributed by atoms with Crippen LogP contribution in [0.15, 0.2) is 24.3 Å². The topological polar surface area (TPSA) is 62.2 Å². The smallest absolute Gasteiger partial charge is 0.184 e. The molecular formula is C15H23NO4. The van der Waals surface area contributed by atoms with E-state index < -0.39 is 6.10 Å². The predicted molar refractivity (Wildman–Crippen MR) is 76.7 cm³/mol. The van der Waals surface area contributed by atoms with E-state index in [4.69, 9.17) is 14.6 Å². The maximum Gasteiger partial charge on any atom is 0.184 e. The molecule has 1 saturated heterocycles. The zero-order chi connectivity index (χ0) is 14.4. The van der Waals surface area contributed by atoms with Crippen LogP contribution in [0, 0.1) is 0 Å². The first-order valence-electron chi connectivity index (χ1n) is 7.11. The summed E-state index contributed by atoms with van der Waals surface area (Å²) in [6, 6.07) is 7.96. The highest BCUT2D eigenvalue weighted by molar-refractivity contribution is 5.49. The summed E-state index contributed by atoms with van der Waals surface area (Å²) in [6.45, 7) is 4.35. The number of nitrogens with zero attached hydrogens (tertiary/aromatic N) is 1. The predicted octanol–water partition coefficient (Wildman–Crippen LogP) is 1.30. The average molecular weight is 281 g/mol. The van der Waals surface area contributed by atoms with Crippen LogP contribution in [0.1, 0.15) is 25.2 Å². The molecule has 1 heterocycles. The van der Waals surface area contributed by atoms with Crippen LogP contribution in [-0.2, 0) is 9.47 Å². The zero-order valence-electron chi connectivity index (χ0n) is 11.9. The Labute approximate surface area is 119 Å². The summed E-state index contributed by atoms with van der Waals surface area (Å²) in [7, 11) is 0. The lowest BCUT2D eigenvalue weighted by Gasteiger charge is -2.27. The summed E-state index contributed by atoms with van der Waals surface area (Å²) in [6.07, 6.45) is -0.0518. The van der Waals surface area contributed by atoms with Crippen LogP contribution in [-0.4, -0.2) is 49.2 Å². The highest BCUT2D eigenvalue weighted by Gasteiger charge is 2.19. The third-order valence-electron chi connectivity index (χ3n) is 3.26. The van der Waals surface area contributed by atoms with E-state index in [1.165, 1.54) is 0 Å². The molecule has 0 bridgehead atoms. The van der Waals surface area contributed by atoms with E-state index in [2.05, 4.69) is 11.8 Å². The third kappa shape index (κ3) is 3.93. The fraction of sp³-hybridized carbons (Fsp3) is 0.600. The Hall–Kier alpha value is -1.14.